The van der Waals surface area contributed by atoms with Crippen LogP contribution in [0.25, 0.3) is 17.0 Å². The number of hydrogen-bond donors (Lipinski definition) is 2. The van der Waals surface area contributed by atoms with Crippen LogP contribution in [0.15, 0.2) is 96.8 Å². The van der Waals surface area contributed by atoms with Gasteiger partial charge in [-0.05, 0) is 29.8 Å². The monoisotopic (exact) mass is 464 g/mol. The Morgan fingerprint density at radius 3 is 2.23 bits per heavy atom. The first-order chi connectivity index (χ1) is 17.2. The van der Waals surface area contributed by atoms with E-state index in [2.05, 4.69) is 27.3 Å². The molecule has 0 aliphatic carbocycles. The Bertz CT molecular complexity index is 1340. The van der Waals surface area contributed by atoms with Gasteiger partial charge in [0.15, 0.2) is 0 Å². The van der Waals surface area contributed by atoms with E-state index in [9.17, 15) is 9.59 Å². The number of piperazine rings is 1. The van der Waals surface area contributed by atoms with Crippen molar-refractivity contribution in [3.8, 4) is 0 Å². The number of fused-ring (bicyclic) bond motifs is 1. The van der Waals surface area contributed by atoms with E-state index in [1.807, 2.05) is 71.8 Å². The molecule has 1 aliphatic heterocycles. The van der Waals surface area contributed by atoms with Gasteiger partial charge in [-0.25, -0.2) is 0 Å². The summed E-state index contributed by atoms with van der Waals surface area (Å²) in [5.41, 5.74) is 3.90. The van der Waals surface area contributed by atoms with E-state index in [-0.39, 0.29) is 17.5 Å². The summed E-state index contributed by atoms with van der Waals surface area (Å²) in [5.74, 6) is -0.466. The standard InChI is InChI=1S/C29H28N4O2/c34-28(23-11-5-2-6-12-23)31-27(19-24-20-30-26-14-8-7-13-25(24)26)29(35)33-17-15-32(16-18-33)21-22-9-3-1-4-10-22/h1-14,19-20,30H,15-18,21H2,(H,31,34). The van der Waals surface area contributed by atoms with Gasteiger partial charge in [-0.2, -0.15) is 0 Å². The average molecular weight is 465 g/mol. The summed E-state index contributed by atoms with van der Waals surface area (Å²) in [6.45, 7) is 3.66. The zero-order chi connectivity index (χ0) is 24.0. The van der Waals surface area contributed by atoms with Gasteiger partial charge < -0.3 is 15.2 Å². The van der Waals surface area contributed by atoms with E-state index in [0.29, 0.717) is 18.7 Å². The Morgan fingerprint density at radius 1 is 0.829 bits per heavy atom. The summed E-state index contributed by atoms with van der Waals surface area (Å²) >= 11 is 0. The third-order valence-corrected chi connectivity index (χ3v) is 6.34. The Hall–Kier alpha value is -4.16. The molecule has 2 heterocycles. The van der Waals surface area contributed by atoms with Crippen LogP contribution in [0.2, 0.25) is 0 Å². The van der Waals surface area contributed by atoms with Gasteiger partial charge in [-0.1, -0.05) is 66.7 Å². The van der Waals surface area contributed by atoms with Crippen LogP contribution in [-0.2, 0) is 11.3 Å². The van der Waals surface area contributed by atoms with E-state index in [4.69, 9.17) is 0 Å². The van der Waals surface area contributed by atoms with Crippen LogP contribution in [0.1, 0.15) is 21.5 Å². The fourth-order valence-electron chi connectivity index (χ4n) is 4.43. The van der Waals surface area contributed by atoms with E-state index in [1.165, 1.54) is 5.56 Å². The van der Waals surface area contributed by atoms with Gasteiger partial charge in [0.05, 0.1) is 0 Å². The van der Waals surface area contributed by atoms with Gasteiger partial charge in [0, 0.05) is 61.0 Å². The summed E-state index contributed by atoms with van der Waals surface area (Å²) in [5, 5.41) is 3.89. The van der Waals surface area contributed by atoms with Gasteiger partial charge in [0.2, 0.25) is 0 Å². The number of rotatable bonds is 6. The molecule has 35 heavy (non-hydrogen) atoms. The van der Waals surface area contributed by atoms with Crippen LogP contribution in [0, 0.1) is 0 Å². The topological polar surface area (TPSA) is 68.4 Å². The number of carbonyl (C=O) groups is 2. The van der Waals surface area contributed by atoms with Crippen LogP contribution < -0.4 is 5.32 Å². The highest BCUT2D eigenvalue weighted by molar-refractivity contribution is 6.06. The number of aromatic nitrogens is 1. The molecule has 6 nitrogen and oxygen atoms in total. The molecule has 1 aromatic heterocycles. The minimum atomic E-state index is -0.298. The number of nitrogens with zero attached hydrogens (tertiary/aromatic N) is 2. The average Bonchev–Trinajstić information content (AvgIpc) is 3.32. The predicted molar refractivity (Wildman–Crippen MR) is 138 cm³/mol. The van der Waals surface area contributed by atoms with Crippen molar-refractivity contribution in [3.05, 3.63) is 114 Å². The van der Waals surface area contributed by atoms with Crippen LogP contribution >= 0.6 is 0 Å². The summed E-state index contributed by atoms with van der Waals surface area (Å²) in [4.78, 5) is 34.0. The molecule has 2 amide bonds. The fourth-order valence-corrected chi connectivity index (χ4v) is 4.43. The Kier molecular flexibility index (Phi) is 6.73. The number of para-hydroxylation sites is 1. The Labute approximate surface area is 204 Å². The second-order valence-corrected chi connectivity index (χ2v) is 8.72. The first-order valence-corrected chi connectivity index (χ1v) is 11.9. The minimum Gasteiger partial charge on any atom is -0.361 e. The molecular weight excluding hydrogens is 436 g/mol. The zero-order valence-corrected chi connectivity index (χ0v) is 19.5. The van der Waals surface area contributed by atoms with Crippen molar-refractivity contribution >= 4 is 28.8 Å². The van der Waals surface area contributed by atoms with Gasteiger partial charge in [0.1, 0.15) is 5.70 Å². The maximum absolute atomic E-state index is 13.6. The van der Waals surface area contributed by atoms with Crippen LogP contribution in [-0.4, -0.2) is 52.8 Å². The number of aromatic amines is 1. The molecule has 176 valence electrons. The molecule has 6 heteroatoms. The molecule has 0 saturated carbocycles. The molecule has 2 N–H and O–H groups in total. The summed E-state index contributed by atoms with van der Waals surface area (Å²) < 4.78 is 0. The molecule has 0 bridgehead atoms. The molecule has 3 aromatic carbocycles. The first kappa shape index (κ1) is 22.6. The predicted octanol–water partition coefficient (Wildman–Crippen LogP) is 4.28. The van der Waals surface area contributed by atoms with Crippen molar-refractivity contribution in [2.45, 2.75) is 6.54 Å². The molecule has 0 atom stereocenters. The van der Waals surface area contributed by atoms with Gasteiger partial charge in [-0.3, -0.25) is 14.5 Å². The van der Waals surface area contributed by atoms with Crippen molar-refractivity contribution in [2.24, 2.45) is 0 Å². The second kappa shape index (κ2) is 10.4. The highest BCUT2D eigenvalue weighted by Crippen LogP contribution is 2.21. The lowest BCUT2D eigenvalue weighted by Gasteiger charge is -2.35. The molecule has 0 spiro atoms. The fraction of sp³-hybridized carbons (Fsp3) is 0.172. The highest BCUT2D eigenvalue weighted by Gasteiger charge is 2.25. The number of amides is 2. The summed E-state index contributed by atoms with van der Waals surface area (Å²) in [6, 6.07) is 27.2. The lowest BCUT2D eigenvalue weighted by molar-refractivity contribution is -0.129. The summed E-state index contributed by atoms with van der Waals surface area (Å²) in [6.07, 6.45) is 3.64. The van der Waals surface area contributed by atoms with Crippen molar-refractivity contribution in [1.82, 2.24) is 20.1 Å². The van der Waals surface area contributed by atoms with E-state index in [0.717, 1.165) is 36.1 Å². The third kappa shape index (κ3) is 5.34. The van der Waals surface area contributed by atoms with Crippen molar-refractivity contribution in [2.75, 3.05) is 26.2 Å². The second-order valence-electron chi connectivity index (χ2n) is 8.72. The molecule has 5 rings (SSSR count). The molecule has 4 aromatic rings. The molecular formula is C29H28N4O2. The van der Waals surface area contributed by atoms with Gasteiger partial charge in [-0.15, -0.1) is 0 Å². The first-order valence-electron chi connectivity index (χ1n) is 11.9. The largest absolute Gasteiger partial charge is 0.361 e. The van der Waals surface area contributed by atoms with Crippen molar-refractivity contribution < 1.29 is 9.59 Å². The SMILES string of the molecule is O=C(NC(=Cc1c[nH]c2ccccc12)C(=O)N1CCN(Cc2ccccc2)CC1)c1ccccc1. The van der Waals surface area contributed by atoms with E-state index < -0.39 is 0 Å². The van der Waals surface area contributed by atoms with E-state index >= 15 is 0 Å². The van der Waals surface area contributed by atoms with Crippen LogP contribution in [0.5, 0.6) is 0 Å². The number of nitrogens with one attached hydrogen (secondary N) is 2. The van der Waals surface area contributed by atoms with Crippen LogP contribution in [0.4, 0.5) is 0 Å². The minimum absolute atomic E-state index is 0.168. The van der Waals surface area contributed by atoms with E-state index in [1.54, 1.807) is 18.2 Å². The van der Waals surface area contributed by atoms with Gasteiger partial charge >= 0.3 is 0 Å². The Balaban J connectivity index is 1.35. The van der Waals surface area contributed by atoms with Crippen molar-refractivity contribution in [3.63, 3.8) is 0 Å². The maximum atomic E-state index is 13.6. The zero-order valence-electron chi connectivity index (χ0n) is 19.5. The number of hydrogen-bond acceptors (Lipinski definition) is 3. The normalized spacial score (nSPS) is 14.7. The lowest BCUT2D eigenvalue weighted by atomic mass is 10.1. The smallest absolute Gasteiger partial charge is 0.270 e. The molecule has 1 aliphatic rings. The van der Waals surface area contributed by atoms with Gasteiger partial charge in [0.25, 0.3) is 11.8 Å². The summed E-state index contributed by atoms with van der Waals surface area (Å²) in [7, 11) is 0. The lowest BCUT2D eigenvalue weighted by Crippen LogP contribution is -2.50. The number of H-pyrrole nitrogens is 1. The Morgan fingerprint density at radius 2 is 1.49 bits per heavy atom. The molecule has 1 fully saturated rings. The van der Waals surface area contributed by atoms with Crippen molar-refractivity contribution in [1.29, 1.82) is 0 Å². The molecule has 0 unspecified atom stereocenters. The molecule has 1 saturated heterocycles. The quantitative estimate of drug-likeness (QED) is 0.419. The molecule has 0 radical (unpaired) electrons. The number of carbonyl (C=O) groups excluding carboxylic acids is 2. The highest BCUT2D eigenvalue weighted by atomic mass is 16.2. The van der Waals surface area contributed by atoms with Crippen LogP contribution in [0.3, 0.4) is 0 Å². The number of benzene rings is 3. The third-order valence-electron chi connectivity index (χ3n) is 6.34. The maximum Gasteiger partial charge on any atom is 0.270 e.